The van der Waals surface area contributed by atoms with Crippen LogP contribution in [0.5, 0.6) is 0 Å². The van der Waals surface area contributed by atoms with E-state index in [1.54, 1.807) is 0 Å². The van der Waals surface area contributed by atoms with Crippen molar-refractivity contribution in [1.82, 2.24) is 9.78 Å². The number of aromatic nitrogens is 2. The van der Waals surface area contributed by atoms with Crippen molar-refractivity contribution in [3.05, 3.63) is 17.5 Å². The number of hydrogen-bond donors (Lipinski definition) is 1. The molecule has 0 aromatic carbocycles. The molecule has 1 aromatic heterocycles. The van der Waals surface area contributed by atoms with Crippen LogP contribution in [0.2, 0.25) is 0 Å². The van der Waals surface area contributed by atoms with Crippen molar-refractivity contribution in [3.8, 4) is 0 Å². The number of hydrogen-bond acceptors (Lipinski definition) is 3. The molecule has 0 amide bonds. The van der Waals surface area contributed by atoms with Crippen LogP contribution in [0.3, 0.4) is 0 Å². The third kappa shape index (κ3) is 3.24. The lowest BCUT2D eigenvalue weighted by molar-refractivity contribution is -0.330. The molecule has 8 heteroatoms. The number of nitrogens with zero attached hydrogens (tertiary/aromatic N) is 2. The summed E-state index contributed by atoms with van der Waals surface area (Å²) >= 11 is 0. The van der Waals surface area contributed by atoms with Gasteiger partial charge in [-0.05, 0) is 6.07 Å². The summed E-state index contributed by atoms with van der Waals surface area (Å²) < 4.78 is 39.4. The fraction of sp³-hybridized carbons (Fsp3) is 0.429. The summed E-state index contributed by atoms with van der Waals surface area (Å²) in [6.45, 7) is -0.801. The van der Waals surface area contributed by atoms with Crippen molar-refractivity contribution < 1.29 is 27.8 Å². The van der Waals surface area contributed by atoms with Gasteiger partial charge in [0.1, 0.15) is 12.3 Å². The number of aromatic carboxylic acids is 1. The van der Waals surface area contributed by atoms with Gasteiger partial charge in [-0.25, -0.2) is 4.79 Å². The first-order chi connectivity index (χ1) is 6.79. The fourth-order valence-electron chi connectivity index (χ4n) is 0.953. The molecule has 0 radical (unpaired) electrons. The van der Waals surface area contributed by atoms with E-state index in [4.69, 9.17) is 5.11 Å². The van der Waals surface area contributed by atoms with Gasteiger partial charge in [-0.2, -0.15) is 5.10 Å². The number of rotatable bonds is 3. The Bertz CT molecular complexity index is 372. The predicted molar refractivity (Wildman–Crippen MR) is 41.0 cm³/mol. The van der Waals surface area contributed by atoms with Crippen LogP contribution in [0.25, 0.3) is 0 Å². The number of carboxylic acids is 1. The quantitative estimate of drug-likeness (QED) is 0.836. The highest BCUT2D eigenvalue weighted by Crippen LogP contribution is 2.18. The summed E-state index contributed by atoms with van der Waals surface area (Å²) in [5.74, 6) is -1.26. The van der Waals surface area contributed by atoms with Gasteiger partial charge in [0.05, 0.1) is 5.69 Å². The zero-order chi connectivity index (χ0) is 11.6. The molecule has 1 heterocycles. The molecule has 0 aliphatic carbocycles. The van der Waals surface area contributed by atoms with Gasteiger partial charge in [0.15, 0.2) is 0 Å². The summed E-state index contributed by atoms with van der Waals surface area (Å²) in [4.78, 5) is 10.5. The van der Waals surface area contributed by atoms with Gasteiger partial charge in [0.25, 0.3) is 0 Å². The molecule has 0 spiro atoms. The van der Waals surface area contributed by atoms with Gasteiger partial charge in [-0.3, -0.25) is 9.42 Å². The number of carboxylic acid groups (broad SMARTS) is 1. The van der Waals surface area contributed by atoms with E-state index >= 15 is 0 Å². The summed E-state index contributed by atoms with van der Waals surface area (Å²) in [6.07, 6.45) is -4.75. The Labute approximate surface area is 82.1 Å². The highest BCUT2D eigenvalue weighted by atomic mass is 19.4. The van der Waals surface area contributed by atoms with Gasteiger partial charge >= 0.3 is 12.3 Å². The van der Waals surface area contributed by atoms with Crippen LogP contribution in [0.15, 0.2) is 6.07 Å². The van der Waals surface area contributed by atoms with Crippen molar-refractivity contribution in [2.45, 2.75) is 13.0 Å². The minimum Gasteiger partial charge on any atom is -0.477 e. The maximum absolute atomic E-state index is 11.6. The summed E-state index contributed by atoms with van der Waals surface area (Å²) in [6, 6.07) is 1.02. The molecule has 84 valence electrons. The number of carbonyl (C=O) groups is 1. The topological polar surface area (TPSA) is 64.4 Å². The molecule has 0 atom stereocenters. The van der Waals surface area contributed by atoms with E-state index in [0.717, 1.165) is 10.7 Å². The van der Waals surface area contributed by atoms with Crippen molar-refractivity contribution >= 4 is 5.97 Å². The average molecular weight is 224 g/mol. The Balaban J connectivity index is 2.72. The van der Waals surface area contributed by atoms with E-state index in [1.165, 1.54) is 7.05 Å². The van der Waals surface area contributed by atoms with E-state index in [9.17, 15) is 18.0 Å². The van der Waals surface area contributed by atoms with E-state index in [0.29, 0.717) is 0 Å². The molecule has 1 N–H and O–H groups in total. The molecule has 0 unspecified atom stereocenters. The monoisotopic (exact) mass is 224 g/mol. The molecule has 15 heavy (non-hydrogen) atoms. The lowest BCUT2D eigenvalue weighted by atomic mass is 10.3. The molecule has 0 aliphatic rings. The lowest BCUT2D eigenvalue weighted by Crippen LogP contribution is -2.13. The number of alkyl halides is 3. The molecule has 1 rings (SSSR count). The largest absolute Gasteiger partial charge is 0.522 e. The molecule has 0 saturated carbocycles. The third-order valence-electron chi connectivity index (χ3n) is 1.53. The van der Waals surface area contributed by atoms with E-state index in [1.807, 2.05) is 0 Å². The number of aryl methyl sites for hydroxylation is 1. The van der Waals surface area contributed by atoms with Crippen LogP contribution in [0.1, 0.15) is 16.2 Å². The maximum Gasteiger partial charge on any atom is 0.522 e. The van der Waals surface area contributed by atoms with Gasteiger partial charge in [0, 0.05) is 7.05 Å². The molecule has 0 aliphatic heterocycles. The van der Waals surface area contributed by atoms with Crippen LogP contribution in [-0.4, -0.2) is 27.2 Å². The standard InChI is InChI=1S/C7H7F3N2O3/c1-12-5(6(13)14)2-4(11-12)3-15-7(8,9)10/h2H,3H2,1H3,(H,13,14). The summed E-state index contributed by atoms with van der Waals surface area (Å²) in [5, 5.41) is 12.1. The van der Waals surface area contributed by atoms with Crippen molar-refractivity contribution in [1.29, 1.82) is 0 Å². The Hall–Kier alpha value is -1.57. The van der Waals surface area contributed by atoms with Gasteiger partial charge in [-0.1, -0.05) is 0 Å². The van der Waals surface area contributed by atoms with E-state index < -0.39 is 18.9 Å². The number of halogens is 3. The first-order valence-electron chi connectivity index (χ1n) is 3.76. The van der Waals surface area contributed by atoms with Crippen LogP contribution >= 0.6 is 0 Å². The third-order valence-corrected chi connectivity index (χ3v) is 1.53. The minimum atomic E-state index is -4.75. The van der Waals surface area contributed by atoms with Crippen LogP contribution in [0, 0.1) is 0 Å². The average Bonchev–Trinajstić information content (AvgIpc) is 2.42. The molecule has 0 saturated heterocycles. The Morgan fingerprint density at radius 2 is 2.27 bits per heavy atom. The second kappa shape index (κ2) is 3.89. The van der Waals surface area contributed by atoms with E-state index in [2.05, 4.69) is 9.84 Å². The molecular weight excluding hydrogens is 217 g/mol. The smallest absolute Gasteiger partial charge is 0.477 e. The second-order valence-electron chi connectivity index (χ2n) is 2.68. The van der Waals surface area contributed by atoms with Gasteiger partial charge in [0.2, 0.25) is 0 Å². The van der Waals surface area contributed by atoms with Crippen LogP contribution < -0.4 is 0 Å². The first-order valence-corrected chi connectivity index (χ1v) is 3.76. The Morgan fingerprint density at radius 3 is 2.67 bits per heavy atom. The predicted octanol–water partition coefficient (Wildman–Crippen LogP) is 1.15. The van der Waals surface area contributed by atoms with E-state index in [-0.39, 0.29) is 11.4 Å². The van der Waals surface area contributed by atoms with Crippen LogP contribution in [-0.2, 0) is 18.4 Å². The normalized spacial score (nSPS) is 11.7. The first kappa shape index (κ1) is 11.5. The number of ether oxygens (including phenoxy) is 1. The van der Waals surface area contributed by atoms with Crippen molar-refractivity contribution in [3.63, 3.8) is 0 Å². The van der Waals surface area contributed by atoms with Gasteiger partial charge in [-0.15, -0.1) is 13.2 Å². The minimum absolute atomic E-state index is 0.0905. The molecule has 0 fully saturated rings. The van der Waals surface area contributed by atoms with Crippen molar-refractivity contribution in [2.24, 2.45) is 7.05 Å². The molecular formula is C7H7F3N2O3. The molecule has 0 bridgehead atoms. The summed E-state index contributed by atoms with van der Waals surface area (Å²) in [7, 11) is 1.32. The second-order valence-corrected chi connectivity index (χ2v) is 2.68. The Kier molecular flexibility index (Phi) is 2.98. The van der Waals surface area contributed by atoms with Crippen LogP contribution in [0.4, 0.5) is 13.2 Å². The molecule has 1 aromatic rings. The maximum atomic E-state index is 11.6. The summed E-state index contributed by atoms with van der Waals surface area (Å²) in [5.41, 5.74) is -0.289. The fourth-order valence-corrected chi connectivity index (χ4v) is 0.953. The van der Waals surface area contributed by atoms with Gasteiger partial charge < -0.3 is 5.11 Å². The lowest BCUT2D eigenvalue weighted by Gasteiger charge is -2.04. The highest BCUT2D eigenvalue weighted by Gasteiger charge is 2.29. The SMILES string of the molecule is Cn1nc(COC(F)(F)F)cc1C(=O)O. The Morgan fingerprint density at radius 1 is 1.67 bits per heavy atom. The zero-order valence-corrected chi connectivity index (χ0v) is 7.58. The zero-order valence-electron chi connectivity index (χ0n) is 7.58. The highest BCUT2D eigenvalue weighted by molar-refractivity contribution is 5.85. The van der Waals surface area contributed by atoms with Crippen molar-refractivity contribution in [2.75, 3.05) is 0 Å². The molecule has 5 nitrogen and oxygen atoms in total.